The molecule has 1 aliphatic rings. The second-order valence-electron chi connectivity index (χ2n) is 4.81. The SMILES string of the molecule is COc1ccc(S(=O)(=O)NC2CCCCNC2)cc1F. The van der Waals surface area contributed by atoms with E-state index in [-0.39, 0.29) is 16.7 Å². The van der Waals surface area contributed by atoms with Crippen molar-refractivity contribution in [2.45, 2.75) is 30.2 Å². The summed E-state index contributed by atoms with van der Waals surface area (Å²) in [7, 11) is -2.37. The van der Waals surface area contributed by atoms with Crippen LogP contribution in [-0.2, 0) is 10.0 Å². The number of benzene rings is 1. The van der Waals surface area contributed by atoms with Gasteiger partial charge in [0.25, 0.3) is 0 Å². The van der Waals surface area contributed by atoms with Gasteiger partial charge in [-0.1, -0.05) is 6.42 Å². The number of ether oxygens (including phenoxy) is 1. The first-order valence-corrected chi connectivity index (χ1v) is 8.08. The second kappa shape index (κ2) is 6.51. The molecule has 1 atom stereocenters. The lowest BCUT2D eigenvalue weighted by molar-refractivity contribution is 0.385. The van der Waals surface area contributed by atoms with Gasteiger partial charge in [0, 0.05) is 12.6 Å². The topological polar surface area (TPSA) is 67.4 Å². The molecule has 0 aliphatic carbocycles. The molecule has 0 radical (unpaired) electrons. The molecule has 112 valence electrons. The van der Waals surface area contributed by atoms with Gasteiger partial charge in [-0.2, -0.15) is 0 Å². The largest absolute Gasteiger partial charge is 0.494 e. The Morgan fingerprint density at radius 1 is 1.40 bits per heavy atom. The maximum Gasteiger partial charge on any atom is 0.240 e. The lowest BCUT2D eigenvalue weighted by atomic mass is 10.2. The molecule has 0 saturated carbocycles. The Morgan fingerprint density at radius 2 is 2.20 bits per heavy atom. The number of rotatable bonds is 4. The van der Waals surface area contributed by atoms with Gasteiger partial charge in [0.15, 0.2) is 11.6 Å². The summed E-state index contributed by atoms with van der Waals surface area (Å²) in [6, 6.07) is 3.47. The van der Waals surface area contributed by atoms with Crippen molar-refractivity contribution in [2.24, 2.45) is 0 Å². The van der Waals surface area contributed by atoms with Crippen molar-refractivity contribution in [1.82, 2.24) is 10.0 Å². The number of halogens is 1. The lowest BCUT2D eigenvalue weighted by Crippen LogP contribution is -2.40. The number of nitrogens with one attached hydrogen (secondary N) is 2. The average molecular weight is 302 g/mol. The van der Waals surface area contributed by atoms with Crippen LogP contribution in [-0.4, -0.2) is 34.7 Å². The zero-order chi connectivity index (χ0) is 14.6. The zero-order valence-corrected chi connectivity index (χ0v) is 12.2. The van der Waals surface area contributed by atoms with Crippen LogP contribution in [0, 0.1) is 5.82 Å². The van der Waals surface area contributed by atoms with Crippen molar-refractivity contribution in [2.75, 3.05) is 20.2 Å². The van der Waals surface area contributed by atoms with E-state index < -0.39 is 15.8 Å². The summed E-state index contributed by atoms with van der Waals surface area (Å²) in [6.07, 6.45) is 2.79. The van der Waals surface area contributed by atoms with Gasteiger partial charge < -0.3 is 10.1 Å². The van der Waals surface area contributed by atoms with Gasteiger partial charge in [-0.25, -0.2) is 17.5 Å². The van der Waals surface area contributed by atoms with Crippen molar-refractivity contribution in [3.8, 4) is 5.75 Å². The van der Waals surface area contributed by atoms with E-state index in [9.17, 15) is 12.8 Å². The molecule has 1 heterocycles. The van der Waals surface area contributed by atoms with Crippen molar-refractivity contribution in [3.63, 3.8) is 0 Å². The van der Waals surface area contributed by atoms with E-state index in [4.69, 9.17) is 4.74 Å². The molecule has 1 aromatic carbocycles. The van der Waals surface area contributed by atoms with Crippen LogP contribution in [0.25, 0.3) is 0 Å². The third-order valence-corrected chi connectivity index (χ3v) is 4.82. The molecule has 0 bridgehead atoms. The van der Waals surface area contributed by atoms with Gasteiger partial charge in [0.1, 0.15) is 0 Å². The number of hydrogen-bond donors (Lipinski definition) is 2. The highest BCUT2D eigenvalue weighted by molar-refractivity contribution is 7.89. The summed E-state index contributed by atoms with van der Waals surface area (Å²) in [5.74, 6) is -0.658. The zero-order valence-electron chi connectivity index (χ0n) is 11.4. The standard InChI is InChI=1S/C13H19FN2O3S/c1-19-13-6-5-11(8-12(13)14)20(17,18)16-10-4-2-3-7-15-9-10/h5-6,8,10,15-16H,2-4,7,9H2,1H3. The van der Waals surface area contributed by atoms with Crippen molar-refractivity contribution in [3.05, 3.63) is 24.0 Å². The van der Waals surface area contributed by atoms with Gasteiger partial charge in [-0.3, -0.25) is 0 Å². The van der Waals surface area contributed by atoms with Crippen LogP contribution in [0.5, 0.6) is 5.75 Å². The molecule has 20 heavy (non-hydrogen) atoms. The van der Waals surface area contributed by atoms with E-state index in [1.54, 1.807) is 0 Å². The van der Waals surface area contributed by atoms with Crippen molar-refractivity contribution < 1.29 is 17.5 Å². The quantitative estimate of drug-likeness (QED) is 0.878. The highest BCUT2D eigenvalue weighted by Gasteiger charge is 2.22. The van der Waals surface area contributed by atoms with E-state index in [2.05, 4.69) is 10.0 Å². The predicted molar refractivity (Wildman–Crippen MR) is 73.8 cm³/mol. The summed E-state index contributed by atoms with van der Waals surface area (Å²) >= 11 is 0. The molecule has 1 aliphatic heterocycles. The average Bonchev–Trinajstić information content (AvgIpc) is 2.66. The van der Waals surface area contributed by atoms with Crippen LogP contribution < -0.4 is 14.8 Å². The number of methoxy groups -OCH3 is 1. The third kappa shape index (κ3) is 3.68. The van der Waals surface area contributed by atoms with Crippen LogP contribution in [0.4, 0.5) is 4.39 Å². The first kappa shape index (κ1) is 15.2. The predicted octanol–water partition coefficient (Wildman–Crippen LogP) is 1.25. The van der Waals surface area contributed by atoms with Gasteiger partial charge in [-0.15, -0.1) is 0 Å². The van der Waals surface area contributed by atoms with Gasteiger partial charge >= 0.3 is 0 Å². The Hall–Kier alpha value is -1.18. The molecule has 5 nitrogen and oxygen atoms in total. The molecular formula is C13H19FN2O3S. The lowest BCUT2D eigenvalue weighted by Gasteiger charge is -2.16. The molecule has 2 N–H and O–H groups in total. The minimum absolute atomic E-state index is 0.0279. The molecule has 1 fully saturated rings. The highest BCUT2D eigenvalue weighted by Crippen LogP contribution is 2.21. The van der Waals surface area contributed by atoms with Crippen LogP contribution in [0.15, 0.2) is 23.1 Å². The first-order valence-electron chi connectivity index (χ1n) is 6.59. The van der Waals surface area contributed by atoms with E-state index in [0.29, 0.717) is 6.54 Å². The monoisotopic (exact) mass is 302 g/mol. The Labute approximate surface area is 118 Å². The molecule has 0 aromatic heterocycles. The maximum absolute atomic E-state index is 13.6. The van der Waals surface area contributed by atoms with E-state index in [1.807, 2.05) is 0 Å². The maximum atomic E-state index is 13.6. The van der Waals surface area contributed by atoms with E-state index >= 15 is 0 Å². The Morgan fingerprint density at radius 3 is 2.90 bits per heavy atom. The minimum atomic E-state index is -3.71. The number of hydrogen-bond acceptors (Lipinski definition) is 4. The normalized spacial score (nSPS) is 20.4. The summed E-state index contributed by atoms with van der Waals surface area (Å²) in [6.45, 7) is 1.49. The van der Waals surface area contributed by atoms with Crippen LogP contribution in [0.1, 0.15) is 19.3 Å². The molecule has 0 amide bonds. The fourth-order valence-corrected chi connectivity index (χ4v) is 3.50. The molecule has 2 rings (SSSR count). The van der Waals surface area contributed by atoms with Crippen molar-refractivity contribution in [1.29, 1.82) is 0 Å². The summed E-state index contributed by atoms with van der Waals surface area (Å²) in [5, 5.41) is 3.18. The highest BCUT2D eigenvalue weighted by atomic mass is 32.2. The molecule has 0 spiro atoms. The first-order chi connectivity index (χ1) is 9.53. The molecule has 1 unspecified atom stereocenters. The van der Waals surface area contributed by atoms with Gasteiger partial charge in [0.2, 0.25) is 10.0 Å². The fourth-order valence-electron chi connectivity index (χ4n) is 2.22. The minimum Gasteiger partial charge on any atom is -0.494 e. The van der Waals surface area contributed by atoms with Crippen molar-refractivity contribution >= 4 is 10.0 Å². The van der Waals surface area contributed by atoms with Crippen LogP contribution in [0.2, 0.25) is 0 Å². The third-order valence-electron chi connectivity index (χ3n) is 3.30. The van der Waals surface area contributed by atoms with E-state index in [1.165, 1.54) is 19.2 Å². The summed E-state index contributed by atoms with van der Waals surface area (Å²) < 4.78 is 45.4. The Kier molecular flexibility index (Phi) is 4.95. The molecule has 1 saturated heterocycles. The Balaban J connectivity index is 2.15. The summed E-state index contributed by atoms with van der Waals surface area (Å²) in [4.78, 5) is -0.0833. The van der Waals surface area contributed by atoms with E-state index in [0.717, 1.165) is 31.9 Å². The molecule has 1 aromatic rings. The number of sulfonamides is 1. The fraction of sp³-hybridized carbons (Fsp3) is 0.538. The van der Waals surface area contributed by atoms with Gasteiger partial charge in [0.05, 0.1) is 12.0 Å². The summed E-state index contributed by atoms with van der Waals surface area (Å²) in [5.41, 5.74) is 0. The smallest absolute Gasteiger partial charge is 0.240 e. The van der Waals surface area contributed by atoms with Gasteiger partial charge in [-0.05, 0) is 37.6 Å². The van der Waals surface area contributed by atoms with Crippen LogP contribution in [0.3, 0.4) is 0 Å². The molecular weight excluding hydrogens is 283 g/mol. The second-order valence-corrected chi connectivity index (χ2v) is 6.53. The molecule has 7 heteroatoms. The van der Waals surface area contributed by atoms with Crippen LogP contribution >= 0.6 is 0 Å². The Bertz CT molecular complexity index is 555.